The Balaban J connectivity index is 4.27. The van der Waals surface area contributed by atoms with Crippen molar-refractivity contribution in [1.29, 1.82) is 0 Å². The first-order chi connectivity index (χ1) is 5.94. The zero-order chi connectivity index (χ0) is 10.5. The fraction of sp³-hybridized carbons (Fsp3) is 0.900. The number of ketones is 1. The standard InChI is InChI=1S/C10H20O3/c1-8(11)6-10(2,3)9(13-5)7-12-4/h9H,6-7H2,1-5H3. The second-order valence-electron chi connectivity index (χ2n) is 4.05. The first-order valence-electron chi connectivity index (χ1n) is 4.45. The minimum absolute atomic E-state index is 0.0265. The van der Waals surface area contributed by atoms with Gasteiger partial charge >= 0.3 is 0 Å². The van der Waals surface area contributed by atoms with Crippen molar-refractivity contribution >= 4 is 5.78 Å². The SMILES string of the molecule is COCC(OC)C(C)(C)CC(C)=O. The van der Waals surface area contributed by atoms with E-state index in [-0.39, 0.29) is 17.3 Å². The molecule has 0 amide bonds. The minimum Gasteiger partial charge on any atom is -0.382 e. The average Bonchev–Trinajstić information content (AvgIpc) is 1.97. The van der Waals surface area contributed by atoms with Gasteiger partial charge in [-0.05, 0) is 6.92 Å². The van der Waals surface area contributed by atoms with Crippen molar-refractivity contribution < 1.29 is 14.3 Å². The molecule has 0 saturated heterocycles. The maximum atomic E-state index is 11.0. The van der Waals surface area contributed by atoms with Crippen LogP contribution < -0.4 is 0 Å². The van der Waals surface area contributed by atoms with Gasteiger partial charge in [-0.1, -0.05) is 13.8 Å². The number of carbonyl (C=O) groups is 1. The van der Waals surface area contributed by atoms with Gasteiger partial charge in [0.15, 0.2) is 0 Å². The van der Waals surface area contributed by atoms with Gasteiger partial charge in [-0.3, -0.25) is 0 Å². The molecule has 0 aromatic rings. The molecule has 78 valence electrons. The molecule has 0 aliphatic heterocycles. The molecule has 0 N–H and O–H groups in total. The van der Waals surface area contributed by atoms with Gasteiger partial charge in [-0.15, -0.1) is 0 Å². The van der Waals surface area contributed by atoms with Crippen LogP contribution in [0.5, 0.6) is 0 Å². The highest BCUT2D eigenvalue weighted by Crippen LogP contribution is 2.27. The van der Waals surface area contributed by atoms with Crippen LogP contribution in [0.3, 0.4) is 0 Å². The Morgan fingerprint density at radius 3 is 2.23 bits per heavy atom. The van der Waals surface area contributed by atoms with Crippen LogP contribution in [0.2, 0.25) is 0 Å². The number of ether oxygens (including phenoxy) is 2. The van der Waals surface area contributed by atoms with Crippen LogP contribution >= 0.6 is 0 Å². The number of carbonyl (C=O) groups excluding carboxylic acids is 1. The van der Waals surface area contributed by atoms with Crippen molar-refractivity contribution in [3.8, 4) is 0 Å². The Hall–Kier alpha value is -0.410. The lowest BCUT2D eigenvalue weighted by atomic mass is 9.82. The van der Waals surface area contributed by atoms with Gasteiger partial charge in [0, 0.05) is 26.1 Å². The molecular formula is C10H20O3. The monoisotopic (exact) mass is 188 g/mol. The minimum atomic E-state index is -0.156. The van der Waals surface area contributed by atoms with Crippen molar-refractivity contribution in [2.75, 3.05) is 20.8 Å². The molecule has 1 unspecified atom stereocenters. The molecule has 0 fully saturated rings. The van der Waals surface area contributed by atoms with Crippen LogP contribution in [0.4, 0.5) is 0 Å². The van der Waals surface area contributed by atoms with E-state index >= 15 is 0 Å². The maximum absolute atomic E-state index is 11.0. The van der Waals surface area contributed by atoms with Crippen molar-refractivity contribution in [3.63, 3.8) is 0 Å². The smallest absolute Gasteiger partial charge is 0.130 e. The van der Waals surface area contributed by atoms with Crippen molar-refractivity contribution in [1.82, 2.24) is 0 Å². The summed E-state index contributed by atoms with van der Waals surface area (Å²) in [5, 5.41) is 0. The lowest BCUT2D eigenvalue weighted by Crippen LogP contribution is -2.36. The summed E-state index contributed by atoms with van der Waals surface area (Å²) < 4.78 is 10.3. The third-order valence-corrected chi connectivity index (χ3v) is 2.18. The van der Waals surface area contributed by atoms with Gasteiger partial charge in [0.05, 0.1) is 12.7 Å². The van der Waals surface area contributed by atoms with Crippen LogP contribution in [-0.2, 0) is 14.3 Å². The summed E-state index contributed by atoms with van der Waals surface area (Å²) in [4.78, 5) is 11.0. The molecule has 3 nitrogen and oxygen atoms in total. The lowest BCUT2D eigenvalue weighted by molar-refractivity contribution is -0.122. The summed E-state index contributed by atoms with van der Waals surface area (Å²) >= 11 is 0. The predicted octanol–water partition coefficient (Wildman–Crippen LogP) is 1.65. The number of Topliss-reactive ketones (excluding diaryl/α,β-unsaturated/α-hetero) is 1. The summed E-state index contributed by atoms with van der Waals surface area (Å²) in [6.45, 7) is 6.15. The number of hydrogen-bond donors (Lipinski definition) is 0. The van der Waals surface area contributed by atoms with Crippen LogP contribution in [-0.4, -0.2) is 32.7 Å². The highest BCUT2D eigenvalue weighted by Gasteiger charge is 2.30. The van der Waals surface area contributed by atoms with Crippen LogP contribution in [0.25, 0.3) is 0 Å². The normalized spacial score (nSPS) is 14.2. The van der Waals surface area contributed by atoms with E-state index in [0.29, 0.717) is 13.0 Å². The second-order valence-corrected chi connectivity index (χ2v) is 4.05. The van der Waals surface area contributed by atoms with E-state index < -0.39 is 0 Å². The molecule has 1 atom stereocenters. The summed E-state index contributed by atoms with van der Waals surface area (Å²) in [7, 11) is 3.28. The highest BCUT2D eigenvalue weighted by molar-refractivity contribution is 5.76. The molecule has 0 aliphatic rings. The Bertz CT molecular complexity index is 164. The first kappa shape index (κ1) is 12.6. The maximum Gasteiger partial charge on any atom is 0.130 e. The topological polar surface area (TPSA) is 35.5 Å². The average molecular weight is 188 g/mol. The van der Waals surface area contributed by atoms with Gasteiger partial charge in [0.25, 0.3) is 0 Å². The zero-order valence-electron chi connectivity index (χ0n) is 9.22. The number of hydrogen-bond acceptors (Lipinski definition) is 3. The molecule has 0 aliphatic carbocycles. The molecule has 0 bridgehead atoms. The van der Waals surface area contributed by atoms with Gasteiger partial charge in [0.1, 0.15) is 5.78 Å². The first-order valence-corrected chi connectivity index (χ1v) is 4.45. The molecule has 0 heterocycles. The molecule has 13 heavy (non-hydrogen) atoms. The number of rotatable bonds is 6. The van der Waals surface area contributed by atoms with Crippen molar-refractivity contribution in [2.24, 2.45) is 5.41 Å². The summed E-state index contributed by atoms with van der Waals surface area (Å²) in [5.41, 5.74) is -0.156. The largest absolute Gasteiger partial charge is 0.382 e. The van der Waals surface area contributed by atoms with E-state index in [1.165, 1.54) is 0 Å². The fourth-order valence-electron chi connectivity index (χ4n) is 1.52. The lowest BCUT2D eigenvalue weighted by Gasteiger charge is -2.31. The van der Waals surface area contributed by atoms with Gasteiger partial charge < -0.3 is 14.3 Å². The van der Waals surface area contributed by atoms with E-state index in [9.17, 15) is 4.79 Å². The second kappa shape index (κ2) is 5.35. The molecule has 0 saturated carbocycles. The highest BCUT2D eigenvalue weighted by atomic mass is 16.5. The van der Waals surface area contributed by atoms with Gasteiger partial charge in [-0.2, -0.15) is 0 Å². The van der Waals surface area contributed by atoms with E-state index in [4.69, 9.17) is 9.47 Å². The van der Waals surface area contributed by atoms with E-state index in [1.54, 1.807) is 21.1 Å². The quantitative estimate of drug-likeness (QED) is 0.636. The van der Waals surface area contributed by atoms with E-state index in [0.717, 1.165) is 0 Å². The Labute approximate surface area is 80.4 Å². The Morgan fingerprint density at radius 1 is 1.38 bits per heavy atom. The zero-order valence-corrected chi connectivity index (χ0v) is 9.22. The summed E-state index contributed by atoms with van der Waals surface area (Å²) in [5.74, 6) is 0.183. The van der Waals surface area contributed by atoms with Crippen molar-refractivity contribution in [3.05, 3.63) is 0 Å². The molecule has 0 aromatic carbocycles. The Kier molecular flexibility index (Phi) is 5.18. The Morgan fingerprint density at radius 2 is 1.92 bits per heavy atom. The molecule has 0 radical (unpaired) electrons. The number of methoxy groups -OCH3 is 2. The third-order valence-electron chi connectivity index (χ3n) is 2.18. The fourth-order valence-corrected chi connectivity index (χ4v) is 1.52. The van der Waals surface area contributed by atoms with E-state index in [2.05, 4.69) is 0 Å². The molecular weight excluding hydrogens is 168 g/mol. The third kappa shape index (κ3) is 4.39. The van der Waals surface area contributed by atoms with Crippen LogP contribution in [0.15, 0.2) is 0 Å². The van der Waals surface area contributed by atoms with Crippen LogP contribution in [0, 0.1) is 5.41 Å². The van der Waals surface area contributed by atoms with Crippen molar-refractivity contribution in [2.45, 2.75) is 33.3 Å². The molecule has 0 rings (SSSR count). The molecule has 0 spiro atoms. The molecule has 3 heteroatoms. The van der Waals surface area contributed by atoms with Crippen LogP contribution in [0.1, 0.15) is 27.2 Å². The van der Waals surface area contributed by atoms with Gasteiger partial charge in [0.2, 0.25) is 0 Å². The predicted molar refractivity (Wildman–Crippen MR) is 51.8 cm³/mol. The van der Waals surface area contributed by atoms with E-state index in [1.807, 2.05) is 13.8 Å². The molecule has 0 aromatic heterocycles. The summed E-state index contributed by atoms with van der Waals surface area (Å²) in [6.07, 6.45) is 0.496. The summed E-state index contributed by atoms with van der Waals surface area (Å²) in [6, 6.07) is 0. The van der Waals surface area contributed by atoms with Gasteiger partial charge in [-0.25, -0.2) is 0 Å².